The van der Waals surface area contributed by atoms with Crippen LogP contribution in [0.2, 0.25) is 0 Å². The first-order chi connectivity index (χ1) is 9.53. The van der Waals surface area contributed by atoms with Crippen molar-refractivity contribution in [2.45, 2.75) is 29.4 Å². The molecule has 6 heteroatoms. The molecule has 1 unspecified atom stereocenters. The maximum Gasteiger partial charge on any atom is 0.262 e. The molecule has 1 fully saturated rings. The van der Waals surface area contributed by atoms with E-state index in [1.54, 1.807) is 16.3 Å². The van der Waals surface area contributed by atoms with Gasteiger partial charge in [-0.2, -0.15) is 0 Å². The van der Waals surface area contributed by atoms with Gasteiger partial charge >= 0.3 is 0 Å². The smallest absolute Gasteiger partial charge is 0.262 e. The number of fused-ring (bicyclic) bond motifs is 1. The molecular weight excluding hydrogens is 315 g/mol. The number of thioether (sulfide) groups is 1. The van der Waals surface area contributed by atoms with E-state index in [9.17, 15) is 4.79 Å². The summed E-state index contributed by atoms with van der Waals surface area (Å²) in [5.74, 6) is 1.07. The van der Waals surface area contributed by atoms with Crippen LogP contribution in [0.3, 0.4) is 0 Å². The van der Waals surface area contributed by atoms with Crippen LogP contribution in [-0.2, 0) is 6.54 Å². The van der Waals surface area contributed by atoms with E-state index in [0.717, 1.165) is 22.8 Å². The third kappa shape index (κ3) is 2.57. The van der Waals surface area contributed by atoms with Crippen LogP contribution in [0.1, 0.15) is 13.3 Å². The lowest BCUT2D eigenvalue weighted by atomic mass is 10.2. The van der Waals surface area contributed by atoms with Gasteiger partial charge in [-0.05, 0) is 25.5 Å². The van der Waals surface area contributed by atoms with Crippen molar-refractivity contribution in [2.24, 2.45) is 5.92 Å². The molecule has 0 spiro atoms. The largest absolute Gasteiger partial charge is 0.287 e. The second-order valence-electron chi connectivity index (χ2n) is 4.93. The van der Waals surface area contributed by atoms with Gasteiger partial charge in [0.05, 0.1) is 10.9 Å². The minimum atomic E-state index is -0.582. The molecule has 2 aromatic rings. The lowest BCUT2D eigenvalue weighted by molar-refractivity contribution is 0.634. The van der Waals surface area contributed by atoms with Crippen LogP contribution in [0.4, 0.5) is 0 Å². The first-order valence-electron chi connectivity index (χ1n) is 6.53. The number of aromatic nitrogens is 2. The van der Waals surface area contributed by atoms with E-state index in [0.29, 0.717) is 11.9 Å². The van der Waals surface area contributed by atoms with E-state index in [1.807, 2.05) is 31.2 Å². The Labute approximate surface area is 131 Å². The summed E-state index contributed by atoms with van der Waals surface area (Å²) >= 11 is 13.6. The molecule has 0 bridgehead atoms. The first kappa shape index (κ1) is 14.2. The van der Waals surface area contributed by atoms with E-state index in [2.05, 4.69) is 4.98 Å². The van der Waals surface area contributed by atoms with Crippen LogP contribution in [0.15, 0.2) is 34.2 Å². The molecule has 1 heterocycles. The molecule has 106 valence electrons. The van der Waals surface area contributed by atoms with Gasteiger partial charge in [0.1, 0.15) is 4.33 Å². The predicted molar refractivity (Wildman–Crippen MR) is 84.9 cm³/mol. The quantitative estimate of drug-likeness (QED) is 0.487. The van der Waals surface area contributed by atoms with E-state index >= 15 is 0 Å². The molecule has 3 rings (SSSR count). The summed E-state index contributed by atoms with van der Waals surface area (Å²) in [6.45, 7) is 2.56. The Bertz CT molecular complexity index is 714. The normalized spacial score (nSPS) is 20.2. The maximum atomic E-state index is 12.4. The van der Waals surface area contributed by atoms with E-state index < -0.39 is 4.33 Å². The summed E-state index contributed by atoms with van der Waals surface area (Å²) < 4.78 is 1.13. The average molecular weight is 329 g/mol. The van der Waals surface area contributed by atoms with Gasteiger partial charge in [0.2, 0.25) is 0 Å². The summed E-state index contributed by atoms with van der Waals surface area (Å²) in [5, 5.41) is 1.40. The van der Waals surface area contributed by atoms with Crippen molar-refractivity contribution in [2.75, 3.05) is 5.75 Å². The molecule has 0 amide bonds. The number of nitrogens with zero attached hydrogens (tertiary/aromatic N) is 2. The number of rotatable bonds is 4. The Morgan fingerprint density at radius 2 is 2.15 bits per heavy atom. The Hall–Kier alpha value is -0.710. The number of hydrogen-bond acceptors (Lipinski definition) is 3. The molecule has 0 N–H and O–H groups in total. The summed E-state index contributed by atoms with van der Waals surface area (Å²) in [5.41, 5.74) is 0.753. The van der Waals surface area contributed by atoms with Gasteiger partial charge in [0.15, 0.2) is 5.16 Å². The fourth-order valence-electron chi connectivity index (χ4n) is 2.16. The van der Waals surface area contributed by atoms with E-state index in [4.69, 9.17) is 23.2 Å². The SMILES string of the molecule is CCn1c(SCC2CC2(Cl)Cl)nc2ccccc2c1=O. The molecule has 0 radical (unpaired) electrons. The van der Waals surface area contributed by atoms with Gasteiger partial charge in [-0.3, -0.25) is 9.36 Å². The third-order valence-electron chi connectivity index (χ3n) is 3.51. The van der Waals surface area contributed by atoms with Crippen molar-refractivity contribution in [3.05, 3.63) is 34.6 Å². The number of halogens is 2. The fourth-order valence-corrected chi connectivity index (χ4v) is 4.16. The zero-order chi connectivity index (χ0) is 14.3. The maximum absolute atomic E-state index is 12.4. The average Bonchev–Trinajstić information content (AvgIpc) is 3.04. The lowest BCUT2D eigenvalue weighted by Crippen LogP contribution is -2.22. The number of benzene rings is 1. The van der Waals surface area contributed by atoms with Gasteiger partial charge in [-0.25, -0.2) is 4.98 Å². The fraction of sp³-hybridized carbons (Fsp3) is 0.429. The van der Waals surface area contributed by atoms with E-state index in [-0.39, 0.29) is 11.5 Å². The molecule has 1 saturated carbocycles. The van der Waals surface area contributed by atoms with Crippen LogP contribution in [-0.4, -0.2) is 19.6 Å². The highest BCUT2D eigenvalue weighted by molar-refractivity contribution is 7.99. The number of alkyl halides is 2. The van der Waals surface area contributed by atoms with E-state index in [1.165, 1.54) is 0 Å². The predicted octanol–water partition coefficient (Wildman–Crippen LogP) is 3.70. The van der Waals surface area contributed by atoms with Crippen molar-refractivity contribution < 1.29 is 0 Å². The Morgan fingerprint density at radius 3 is 2.80 bits per heavy atom. The molecule has 1 aliphatic rings. The minimum Gasteiger partial charge on any atom is -0.287 e. The van der Waals surface area contributed by atoms with Crippen molar-refractivity contribution in [1.29, 1.82) is 0 Å². The van der Waals surface area contributed by atoms with Gasteiger partial charge in [0, 0.05) is 18.2 Å². The highest BCUT2D eigenvalue weighted by atomic mass is 35.5. The summed E-state index contributed by atoms with van der Waals surface area (Å²) in [4.78, 5) is 17.0. The van der Waals surface area contributed by atoms with Crippen LogP contribution >= 0.6 is 35.0 Å². The Balaban J connectivity index is 1.95. The third-order valence-corrected chi connectivity index (χ3v) is 5.58. The van der Waals surface area contributed by atoms with Gasteiger partial charge < -0.3 is 0 Å². The van der Waals surface area contributed by atoms with Crippen molar-refractivity contribution in [1.82, 2.24) is 9.55 Å². The molecule has 1 aliphatic carbocycles. The first-order valence-corrected chi connectivity index (χ1v) is 8.27. The molecule has 1 aromatic heterocycles. The van der Waals surface area contributed by atoms with Crippen LogP contribution in [0.25, 0.3) is 10.9 Å². The molecule has 1 aromatic carbocycles. The minimum absolute atomic E-state index is 0.0133. The molecule has 20 heavy (non-hydrogen) atoms. The van der Waals surface area contributed by atoms with Crippen molar-refractivity contribution in [3.63, 3.8) is 0 Å². The van der Waals surface area contributed by atoms with Crippen LogP contribution in [0, 0.1) is 5.92 Å². The number of para-hydroxylation sites is 1. The summed E-state index contributed by atoms with van der Waals surface area (Å²) in [6, 6.07) is 7.43. The highest BCUT2D eigenvalue weighted by Crippen LogP contribution is 2.54. The summed E-state index contributed by atoms with van der Waals surface area (Å²) in [7, 11) is 0. The molecule has 0 saturated heterocycles. The van der Waals surface area contributed by atoms with Crippen LogP contribution in [0.5, 0.6) is 0 Å². The van der Waals surface area contributed by atoms with Gasteiger partial charge in [-0.15, -0.1) is 23.2 Å². The standard InChI is InChI=1S/C14H14Cl2N2OS/c1-2-18-12(19)10-5-3-4-6-11(10)17-13(18)20-8-9-7-14(9,15)16/h3-6,9H,2,7-8H2,1H3. The van der Waals surface area contributed by atoms with Gasteiger partial charge in [-0.1, -0.05) is 23.9 Å². The van der Waals surface area contributed by atoms with Crippen molar-refractivity contribution >= 4 is 45.9 Å². The summed E-state index contributed by atoms with van der Waals surface area (Å²) in [6.07, 6.45) is 0.813. The highest BCUT2D eigenvalue weighted by Gasteiger charge is 2.51. The zero-order valence-electron chi connectivity index (χ0n) is 11.0. The van der Waals surface area contributed by atoms with Gasteiger partial charge in [0.25, 0.3) is 5.56 Å². The molecule has 0 aliphatic heterocycles. The lowest BCUT2D eigenvalue weighted by Gasteiger charge is -2.11. The molecular formula is C14H14Cl2N2OS. The zero-order valence-corrected chi connectivity index (χ0v) is 13.3. The van der Waals surface area contributed by atoms with Crippen molar-refractivity contribution in [3.8, 4) is 0 Å². The number of hydrogen-bond donors (Lipinski definition) is 0. The monoisotopic (exact) mass is 328 g/mol. The molecule has 3 nitrogen and oxygen atoms in total. The second-order valence-corrected chi connectivity index (χ2v) is 7.46. The second kappa shape index (κ2) is 5.24. The Morgan fingerprint density at radius 1 is 1.45 bits per heavy atom. The van der Waals surface area contributed by atoms with Crippen LogP contribution < -0.4 is 5.56 Å². The molecule has 1 atom stereocenters. The Kier molecular flexibility index (Phi) is 3.73. The topological polar surface area (TPSA) is 34.9 Å².